The summed E-state index contributed by atoms with van der Waals surface area (Å²) >= 11 is 0. The molecule has 0 amide bonds. The van der Waals surface area contributed by atoms with Gasteiger partial charge in [-0.15, -0.1) is 0 Å². The highest BCUT2D eigenvalue weighted by molar-refractivity contribution is 7.92. The zero-order valence-electron chi connectivity index (χ0n) is 12.2. The highest BCUT2D eigenvalue weighted by Gasteiger charge is 2.21. The average molecular weight is 320 g/mol. The van der Waals surface area contributed by atoms with Crippen LogP contribution in [0.4, 0.5) is 11.4 Å². The maximum atomic E-state index is 12.5. The molecule has 0 aromatic heterocycles. The second-order valence-corrected chi connectivity index (χ2v) is 6.55. The van der Waals surface area contributed by atoms with Gasteiger partial charge in [-0.2, -0.15) is 0 Å². The molecular weight excluding hydrogens is 304 g/mol. The third kappa shape index (κ3) is 3.04. The third-order valence-electron chi connectivity index (χ3n) is 3.19. The lowest BCUT2D eigenvalue weighted by Gasteiger charge is -2.19. The standard InChI is InChI=1S/C15H16N2O4S/c1-17(13-7-3-11(4-8-13)15(18)21-2)22(19,20)14-9-5-12(16)6-10-14/h3-10H,16H2,1-2H3. The number of carbonyl (C=O) groups is 1. The van der Waals surface area contributed by atoms with Crippen molar-refractivity contribution >= 4 is 27.4 Å². The Bertz CT molecular complexity index is 768. The fourth-order valence-corrected chi connectivity index (χ4v) is 3.06. The van der Waals surface area contributed by atoms with Gasteiger partial charge in [0.05, 0.1) is 23.3 Å². The van der Waals surface area contributed by atoms with Crippen LogP contribution in [0.5, 0.6) is 0 Å². The smallest absolute Gasteiger partial charge is 0.337 e. The van der Waals surface area contributed by atoms with Gasteiger partial charge in [0, 0.05) is 12.7 Å². The molecule has 0 bridgehead atoms. The van der Waals surface area contributed by atoms with Crippen LogP contribution in [0, 0.1) is 0 Å². The SMILES string of the molecule is COC(=O)c1ccc(N(C)S(=O)(=O)c2ccc(N)cc2)cc1. The van der Waals surface area contributed by atoms with Gasteiger partial charge in [-0.3, -0.25) is 4.31 Å². The molecular formula is C15H16N2O4S. The minimum Gasteiger partial charge on any atom is -0.465 e. The molecule has 0 aliphatic rings. The fraction of sp³-hybridized carbons (Fsp3) is 0.133. The molecule has 2 N–H and O–H groups in total. The highest BCUT2D eigenvalue weighted by Crippen LogP contribution is 2.23. The minimum absolute atomic E-state index is 0.140. The Balaban J connectivity index is 2.32. The number of ether oxygens (including phenoxy) is 1. The summed E-state index contributed by atoms with van der Waals surface area (Å²) in [6, 6.07) is 12.1. The maximum absolute atomic E-state index is 12.5. The molecule has 0 aliphatic heterocycles. The van der Waals surface area contributed by atoms with Crippen molar-refractivity contribution in [2.75, 3.05) is 24.2 Å². The van der Waals surface area contributed by atoms with Crippen molar-refractivity contribution in [1.29, 1.82) is 0 Å². The first-order valence-corrected chi connectivity index (χ1v) is 7.83. The summed E-state index contributed by atoms with van der Waals surface area (Å²) in [5.41, 5.74) is 6.84. The lowest BCUT2D eigenvalue weighted by Crippen LogP contribution is -2.26. The summed E-state index contributed by atoms with van der Waals surface area (Å²) < 4.78 is 30.8. The van der Waals surface area contributed by atoms with Crippen molar-refractivity contribution in [1.82, 2.24) is 0 Å². The summed E-state index contributed by atoms with van der Waals surface area (Å²) in [6.45, 7) is 0. The van der Waals surface area contributed by atoms with E-state index in [9.17, 15) is 13.2 Å². The number of methoxy groups -OCH3 is 1. The van der Waals surface area contributed by atoms with E-state index in [2.05, 4.69) is 4.74 Å². The first-order chi connectivity index (χ1) is 10.4. The zero-order valence-corrected chi connectivity index (χ0v) is 13.0. The molecule has 0 saturated carbocycles. The van der Waals surface area contributed by atoms with E-state index in [1.807, 2.05) is 0 Å². The zero-order chi connectivity index (χ0) is 16.3. The molecule has 6 nitrogen and oxygen atoms in total. The molecule has 2 aromatic carbocycles. The van der Waals surface area contributed by atoms with E-state index < -0.39 is 16.0 Å². The summed E-state index contributed by atoms with van der Waals surface area (Å²) in [5.74, 6) is -0.476. The lowest BCUT2D eigenvalue weighted by molar-refractivity contribution is 0.0601. The predicted molar refractivity (Wildman–Crippen MR) is 84.2 cm³/mol. The maximum Gasteiger partial charge on any atom is 0.337 e. The highest BCUT2D eigenvalue weighted by atomic mass is 32.2. The van der Waals surface area contributed by atoms with Crippen LogP contribution in [0.2, 0.25) is 0 Å². The Morgan fingerprint density at radius 2 is 1.59 bits per heavy atom. The largest absolute Gasteiger partial charge is 0.465 e. The molecule has 0 atom stereocenters. The van der Waals surface area contributed by atoms with Gasteiger partial charge in [0.25, 0.3) is 10.0 Å². The van der Waals surface area contributed by atoms with Gasteiger partial charge in [0.2, 0.25) is 0 Å². The van der Waals surface area contributed by atoms with Crippen LogP contribution in [-0.4, -0.2) is 28.5 Å². The van der Waals surface area contributed by atoms with E-state index in [0.717, 1.165) is 4.31 Å². The van der Waals surface area contributed by atoms with Crippen LogP contribution < -0.4 is 10.0 Å². The average Bonchev–Trinajstić information content (AvgIpc) is 2.54. The van der Waals surface area contributed by atoms with Gasteiger partial charge in [0.1, 0.15) is 0 Å². The quantitative estimate of drug-likeness (QED) is 0.686. The van der Waals surface area contributed by atoms with Crippen molar-refractivity contribution in [3.8, 4) is 0 Å². The van der Waals surface area contributed by atoms with Gasteiger partial charge in [-0.05, 0) is 48.5 Å². The number of anilines is 2. The van der Waals surface area contributed by atoms with Crippen molar-refractivity contribution in [3.05, 3.63) is 54.1 Å². The van der Waals surface area contributed by atoms with E-state index in [4.69, 9.17) is 5.73 Å². The normalized spacial score (nSPS) is 11.0. The molecule has 0 radical (unpaired) electrons. The number of carbonyl (C=O) groups excluding carboxylic acids is 1. The fourth-order valence-electron chi connectivity index (χ4n) is 1.86. The van der Waals surface area contributed by atoms with E-state index in [1.54, 1.807) is 12.1 Å². The molecule has 7 heteroatoms. The van der Waals surface area contributed by atoms with Crippen molar-refractivity contribution in [2.45, 2.75) is 4.90 Å². The third-order valence-corrected chi connectivity index (χ3v) is 4.99. The lowest BCUT2D eigenvalue weighted by atomic mass is 10.2. The molecule has 116 valence electrons. The van der Waals surface area contributed by atoms with Crippen LogP contribution in [0.25, 0.3) is 0 Å². The Morgan fingerprint density at radius 1 is 1.05 bits per heavy atom. The first kappa shape index (κ1) is 15.8. The number of hydrogen-bond donors (Lipinski definition) is 1. The van der Waals surface area contributed by atoms with Gasteiger partial charge < -0.3 is 10.5 Å². The molecule has 0 spiro atoms. The number of nitrogens with zero attached hydrogens (tertiary/aromatic N) is 1. The summed E-state index contributed by atoms with van der Waals surface area (Å²) in [5, 5.41) is 0. The number of rotatable bonds is 4. The van der Waals surface area contributed by atoms with Gasteiger partial charge in [-0.1, -0.05) is 0 Å². The van der Waals surface area contributed by atoms with Gasteiger partial charge >= 0.3 is 5.97 Å². The second-order valence-electron chi connectivity index (χ2n) is 4.58. The summed E-state index contributed by atoms with van der Waals surface area (Å²) in [4.78, 5) is 11.5. The van der Waals surface area contributed by atoms with Gasteiger partial charge in [0.15, 0.2) is 0 Å². The first-order valence-electron chi connectivity index (χ1n) is 6.39. The summed E-state index contributed by atoms with van der Waals surface area (Å²) in [6.07, 6.45) is 0. The molecule has 2 rings (SSSR count). The summed E-state index contributed by atoms with van der Waals surface area (Å²) in [7, 11) is -0.957. The minimum atomic E-state index is -3.69. The van der Waals surface area contributed by atoms with E-state index >= 15 is 0 Å². The van der Waals surface area contributed by atoms with Crippen LogP contribution in [0.3, 0.4) is 0 Å². The van der Waals surface area contributed by atoms with Crippen LogP contribution in [-0.2, 0) is 14.8 Å². The molecule has 0 aliphatic carbocycles. The van der Waals surface area contributed by atoms with Crippen LogP contribution >= 0.6 is 0 Å². The van der Waals surface area contributed by atoms with E-state index in [0.29, 0.717) is 16.9 Å². The molecule has 22 heavy (non-hydrogen) atoms. The van der Waals surface area contributed by atoms with Crippen LogP contribution in [0.15, 0.2) is 53.4 Å². The molecule has 0 fully saturated rings. The Morgan fingerprint density at radius 3 is 2.09 bits per heavy atom. The van der Waals surface area contributed by atoms with E-state index in [1.165, 1.54) is 50.6 Å². The number of nitrogens with two attached hydrogens (primary N) is 1. The van der Waals surface area contributed by atoms with Gasteiger partial charge in [-0.25, -0.2) is 13.2 Å². The molecule has 0 saturated heterocycles. The Labute approximate surface area is 129 Å². The van der Waals surface area contributed by atoms with Crippen LogP contribution in [0.1, 0.15) is 10.4 Å². The van der Waals surface area contributed by atoms with Crippen molar-refractivity contribution in [2.24, 2.45) is 0 Å². The monoisotopic (exact) mass is 320 g/mol. The van der Waals surface area contributed by atoms with Crippen molar-refractivity contribution < 1.29 is 17.9 Å². The number of benzene rings is 2. The Kier molecular flexibility index (Phi) is 4.37. The predicted octanol–water partition coefficient (Wildman–Crippen LogP) is 1.88. The molecule has 0 unspecified atom stereocenters. The topological polar surface area (TPSA) is 89.7 Å². The number of hydrogen-bond acceptors (Lipinski definition) is 5. The molecule has 2 aromatic rings. The van der Waals surface area contributed by atoms with E-state index in [-0.39, 0.29) is 4.90 Å². The molecule has 0 heterocycles. The number of sulfonamides is 1. The Hall–Kier alpha value is -2.54. The second kappa shape index (κ2) is 6.07. The number of esters is 1. The van der Waals surface area contributed by atoms with Crippen molar-refractivity contribution in [3.63, 3.8) is 0 Å². The number of nitrogen functional groups attached to an aromatic ring is 1.